The van der Waals surface area contributed by atoms with E-state index in [9.17, 15) is 10.1 Å². The van der Waals surface area contributed by atoms with E-state index in [4.69, 9.17) is 4.74 Å². The molecule has 1 saturated heterocycles. The Hall–Kier alpha value is -2.58. The summed E-state index contributed by atoms with van der Waals surface area (Å²) in [7, 11) is 1.98. The smallest absolute Gasteiger partial charge is 0.245 e. The van der Waals surface area contributed by atoms with Crippen LogP contribution in [0.15, 0.2) is 36.5 Å². The molecule has 0 radical (unpaired) electrons. The number of para-hydroxylation sites is 1. The normalized spacial score (nSPS) is 19.0. The highest BCUT2D eigenvalue weighted by Crippen LogP contribution is 2.21. The number of ether oxygens (including phenoxy) is 1. The van der Waals surface area contributed by atoms with Gasteiger partial charge in [0.1, 0.15) is 6.04 Å². The van der Waals surface area contributed by atoms with Crippen LogP contribution in [-0.2, 0) is 16.6 Å². The molecule has 0 aliphatic carbocycles. The maximum Gasteiger partial charge on any atom is 0.245 e. The third kappa shape index (κ3) is 3.27. The minimum absolute atomic E-state index is 0.0786. The topological polar surface area (TPSA) is 67.0 Å². The Morgan fingerprint density at radius 2 is 2.35 bits per heavy atom. The lowest BCUT2D eigenvalue weighted by molar-refractivity contribution is -0.117. The Morgan fingerprint density at radius 3 is 3.09 bits per heavy atom. The number of rotatable bonds is 4. The lowest BCUT2D eigenvalue weighted by Gasteiger charge is -2.15. The van der Waals surface area contributed by atoms with Crippen molar-refractivity contribution in [1.29, 1.82) is 5.26 Å². The van der Waals surface area contributed by atoms with Gasteiger partial charge >= 0.3 is 0 Å². The van der Waals surface area contributed by atoms with Crippen LogP contribution in [0.25, 0.3) is 17.0 Å². The Balaban J connectivity index is 1.71. The molecule has 1 N–H and O–H groups in total. The van der Waals surface area contributed by atoms with E-state index in [0.29, 0.717) is 13.2 Å². The largest absolute Gasteiger partial charge is 0.381 e. The quantitative estimate of drug-likeness (QED) is 0.881. The lowest BCUT2D eigenvalue weighted by atomic mass is 10.0. The van der Waals surface area contributed by atoms with Gasteiger partial charge in [-0.15, -0.1) is 0 Å². The van der Waals surface area contributed by atoms with E-state index in [-0.39, 0.29) is 11.8 Å². The van der Waals surface area contributed by atoms with Crippen molar-refractivity contribution in [3.05, 3.63) is 42.1 Å². The van der Waals surface area contributed by atoms with Gasteiger partial charge in [0.05, 0.1) is 12.7 Å². The maximum absolute atomic E-state index is 12.1. The van der Waals surface area contributed by atoms with E-state index in [1.54, 1.807) is 6.08 Å². The summed E-state index contributed by atoms with van der Waals surface area (Å²) < 4.78 is 7.31. The molecule has 118 valence electrons. The van der Waals surface area contributed by atoms with Crippen LogP contribution in [0.5, 0.6) is 0 Å². The summed E-state index contributed by atoms with van der Waals surface area (Å²) in [6.45, 7) is 1.19. The van der Waals surface area contributed by atoms with Crippen molar-refractivity contribution in [2.45, 2.75) is 12.5 Å². The predicted molar refractivity (Wildman–Crippen MR) is 88.4 cm³/mol. The number of amides is 1. The molecule has 5 heteroatoms. The predicted octanol–water partition coefficient (Wildman–Crippen LogP) is 2.24. The van der Waals surface area contributed by atoms with Crippen LogP contribution in [0.3, 0.4) is 0 Å². The fourth-order valence-electron chi connectivity index (χ4n) is 2.94. The summed E-state index contributed by atoms with van der Waals surface area (Å²) in [5, 5.41) is 13.1. The zero-order chi connectivity index (χ0) is 16.2. The molecule has 1 aromatic heterocycles. The maximum atomic E-state index is 12.1. The molecule has 1 aliphatic rings. The molecule has 5 nitrogen and oxygen atoms in total. The van der Waals surface area contributed by atoms with Gasteiger partial charge in [-0.25, -0.2) is 0 Å². The monoisotopic (exact) mass is 309 g/mol. The Labute approximate surface area is 135 Å². The number of benzene rings is 1. The van der Waals surface area contributed by atoms with Crippen molar-refractivity contribution >= 4 is 22.9 Å². The van der Waals surface area contributed by atoms with Gasteiger partial charge in [0, 0.05) is 48.3 Å². The van der Waals surface area contributed by atoms with E-state index in [0.717, 1.165) is 22.9 Å². The number of nitrogens with zero attached hydrogens (tertiary/aromatic N) is 2. The first-order valence-electron chi connectivity index (χ1n) is 7.69. The minimum atomic E-state index is -0.498. The molecular weight excluding hydrogens is 290 g/mol. The van der Waals surface area contributed by atoms with Gasteiger partial charge in [-0.1, -0.05) is 18.2 Å². The summed E-state index contributed by atoms with van der Waals surface area (Å²) in [5.41, 5.74) is 2.10. The molecule has 3 rings (SSSR count). The first kappa shape index (κ1) is 15.3. The molecule has 1 aromatic carbocycles. The molecule has 0 unspecified atom stereocenters. The average molecular weight is 309 g/mol. The molecule has 0 saturated carbocycles. The van der Waals surface area contributed by atoms with E-state index >= 15 is 0 Å². The fourth-order valence-corrected chi connectivity index (χ4v) is 2.94. The number of aryl methyl sites for hydroxylation is 1. The van der Waals surface area contributed by atoms with Crippen LogP contribution in [0.4, 0.5) is 0 Å². The number of carbonyl (C=O) groups excluding carboxylic acids is 1. The van der Waals surface area contributed by atoms with Crippen LogP contribution in [0.1, 0.15) is 12.0 Å². The number of aromatic nitrogens is 1. The Bertz CT molecular complexity index is 779. The van der Waals surface area contributed by atoms with Crippen molar-refractivity contribution in [3.63, 3.8) is 0 Å². The summed E-state index contributed by atoms with van der Waals surface area (Å²) in [5.74, 6) is -0.175. The zero-order valence-corrected chi connectivity index (χ0v) is 13.0. The molecule has 2 atom stereocenters. The van der Waals surface area contributed by atoms with Crippen LogP contribution in [0, 0.1) is 17.2 Å². The summed E-state index contributed by atoms with van der Waals surface area (Å²) >= 11 is 0. The highest BCUT2D eigenvalue weighted by Gasteiger charge is 2.26. The van der Waals surface area contributed by atoms with Crippen molar-refractivity contribution in [1.82, 2.24) is 9.88 Å². The van der Waals surface area contributed by atoms with Crippen LogP contribution in [-0.4, -0.2) is 29.7 Å². The number of hydrogen-bond acceptors (Lipinski definition) is 3. The lowest BCUT2D eigenvalue weighted by Crippen LogP contribution is -2.38. The number of nitrogens with one attached hydrogen (secondary N) is 1. The van der Waals surface area contributed by atoms with E-state index in [1.165, 1.54) is 6.08 Å². The number of carbonyl (C=O) groups is 1. The van der Waals surface area contributed by atoms with Gasteiger partial charge in [-0.05, 0) is 18.6 Å². The molecule has 0 bridgehead atoms. The third-order valence-corrected chi connectivity index (χ3v) is 4.22. The van der Waals surface area contributed by atoms with Gasteiger partial charge in [0.15, 0.2) is 0 Å². The molecular formula is C18H19N3O2. The Morgan fingerprint density at radius 1 is 1.52 bits per heavy atom. The van der Waals surface area contributed by atoms with Crippen LogP contribution >= 0.6 is 0 Å². The first-order chi connectivity index (χ1) is 11.2. The van der Waals surface area contributed by atoms with Crippen LogP contribution in [0.2, 0.25) is 0 Å². The van der Waals surface area contributed by atoms with E-state index in [1.807, 2.05) is 42.1 Å². The van der Waals surface area contributed by atoms with Crippen molar-refractivity contribution in [3.8, 4) is 6.07 Å². The van der Waals surface area contributed by atoms with Gasteiger partial charge in [-0.3, -0.25) is 4.79 Å². The molecule has 1 amide bonds. The summed E-state index contributed by atoms with van der Waals surface area (Å²) in [4.78, 5) is 12.1. The standard InChI is InChI=1S/C18H19N3O2/c1-21-11-13(15-4-2-3-5-17(15)21)6-7-18(22)20-16(10-19)14-8-9-23-12-14/h2-7,11,14,16H,8-9,12H2,1H3,(H,20,22)/b7-6+/t14-,16-/m1/s1. The van der Waals surface area contributed by atoms with Crippen LogP contribution < -0.4 is 5.32 Å². The number of hydrogen-bond donors (Lipinski definition) is 1. The molecule has 1 aliphatic heterocycles. The zero-order valence-electron chi connectivity index (χ0n) is 13.0. The Kier molecular flexibility index (Phi) is 4.45. The van der Waals surface area contributed by atoms with Crippen molar-refractivity contribution < 1.29 is 9.53 Å². The highest BCUT2D eigenvalue weighted by molar-refractivity contribution is 5.96. The first-order valence-corrected chi connectivity index (χ1v) is 7.69. The second-order valence-electron chi connectivity index (χ2n) is 5.78. The van der Waals surface area contributed by atoms with Gasteiger partial charge in [-0.2, -0.15) is 5.26 Å². The fraction of sp³-hybridized carbons (Fsp3) is 0.333. The van der Waals surface area contributed by atoms with Gasteiger partial charge in [0.25, 0.3) is 0 Å². The number of fused-ring (bicyclic) bond motifs is 1. The second kappa shape index (κ2) is 6.67. The molecule has 0 spiro atoms. The number of nitriles is 1. The van der Waals surface area contributed by atoms with E-state index < -0.39 is 6.04 Å². The van der Waals surface area contributed by atoms with Crippen molar-refractivity contribution in [2.24, 2.45) is 13.0 Å². The van der Waals surface area contributed by atoms with Gasteiger partial charge < -0.3 is 14.6 Å². The second-order valence-corrected chi connectivity index (χ2v) is 5.78. The minimum Gasteiger partial charge on any atom is -0.381 e. The molecule has 2 aromatic rings. The molecule has 2 heterocycles. The SMILES string of the molecule is Cn1cc(/C=C/C(=O)N[C@H](C#N)[C@@H]2CCOC2)c2ccccc21. The van der Waals surface area contributed by atoms with Crippen molar-refractivity contribution in [2.75, 3.05) is 13.2 Å². The summed E-state index contributed by atoms with van der Waals surface area (Å²) in [6.07, 6.45) is 6.08. The van der Waals surface area contributed by atoms with E-state index in [2.05, 4.69) is 11.4 Å². The summed E-state index contributed by atoms with van der Waals surface area (Å²) in [6, 6.07) is 9.70. The van der Waals surface area contributed by atoms with Gasteiger partial charge in [0.2, 0.25) is 5.91 Å². The highest BCUT2D eigenvalue weighted by atomic mass is 16.5. The third-order valence-electron chi connectivity index (χ3n) is 4.22. The average Bonchev–Trinajstić information content (AvgIpc) is 3.20. The molecule has 23 heavy (non-hydrogen) atoms. The molecule has 1 fully saturated rings.